The van der Waals surface area contributed by atoms with Crippen molar-refractivity contribution in [3.8, 4) is 5.75 Å². The maximum absolute atomic E-state index is 12.3. The van der Waals surface area contributed by atoms with Gasteiger partial charge in [0.1, 0.15) is 4.90 Å². The number of nitrogens with zero attached hydrogens (tertiary/aromatic N) is 1. The normalized spacial score (nSPS) is 12.0. The van der Waals surface area contributed by atoms with Gasteiger partial charge in [0.05, 0.1) is 4.92 Å². The highest BCUT2D eigenvalue weighted by molar-refractivity contribution is 7.87. The number of hydrogen-bond acceptors (Lipinski definition) is 5. The molecule has 0 bridgehead atoms. The van der Waals surface area contributed by atoms with E-state index < -0.39 is 20.7 Å². The average molecular weight is 335 g/mol. The van der Waals surface area contributed by atoms with E-state index >= 15 is 0 Å². The molecule has 2 aromatic rings. The van der Waals surface area contributed by atoms with Crippen LogP contribution in [-0.4, -0.2) is 13.3 Å². The van der Waals surface area contributed by atoms with Gasteiger partial charge in [0.25, 0.3) is 0 Å². The van der Waals surface area contributed by atoms with Crippen LogP contribution in [0.25, 0.3) is 0 Å². The molecule has 0 heterocycles. The largest absolute Gasteiger partial charge is 0.372 e. The predicted molar refractivity (Wildman–Crippen MR) is 86.1 cm³/mol. The fourth-order valence-corrected chi connectivity index (χ4v) is 2.91. The minimum Gasteiger partial charge on any atom is -0.372 e. The Morgan fingerprint density at radius 3 is 2.09 bits per heavy atom. The summed E-state index contributed by atoms with van der Waals surface area (Å²) in [7, 11) is -4.14. The van der Waals surface area contributed by atoms with E-state index in [4.69, 9.17) is 4.18 Å². The molecule has 0 atom stereocenters. The van der Waals surface area contributed by atoms with Crippen LogP contribution in [0.3, 0.4) is 0 Å². The van der Waals surface area contributed by atoms with E-state index in [1.807, 2.05) is 20.8 Å². The van der Waals surface area contributed by atoms with Crippen molar-refractivity contribution in [3.63, 3.8) is 0 Å². The summed E-state index contributed by atoms with van der Waals surface area (Å²) in [5.41, 5.74) is 0.464. The lowest BCUT2D eigenvalue weighted by molar-refractivity contribution is -0.385. The molecular formula is C16H17NO5S. The molecule has 0 aliphatic carbocycles. The van der Waals surface area contributed by atoms with Gasteiger partial charge in [-0.15, -0.1) is 0 Å². The highest BCUT2D eigenvalue weighted by Gasteiger charge is 2.23. The Balaban J connectivity index is 2.35. The van der Waals surface area contributed by atoms with Gasteiger partial charge in [0, 0.05) is 6.07 Å². The molecule has 0 N–H and O–H groups in total. The van der Waals surface area contributed by atoms with Crippen LogP contribution in [0.2, 0.25) is 0 Å². The fraction of sp³-hybridized carbons (Fsp3) is 0.250. The van der Waals surface area contributed by atoms with Gasteiger partial charge in [0.15, 0.2) is 0 Å². The van der Waals surface area contributed by atoms with Crippen LogP contribution in [0.15, 0.2) is 53.4 Å². The van der Waals surface area contributed by atoms with Crippen LogP contribution in [0.4, 0.5) is 5.69 Å². The Hall–Kier alpha value is -2.41. The van der Waals surface area contributed by atoms with Crippen LogP contribution in [-0.2, 0) is 15.5 Å². The van der Waals surface area contributed by atoms with Crippen molar-refractivity contribution >= 4 is 15.8 Å². The van der Waals surface area contributed by atoms with E-state index in [9.17, 15) is 18.5 Å². The van der Waals surface area contributed by atoms with E-state index in [0.717, 1.165) is 5.56 Å². The van der Waals surface area contributed by atoms with Crippen molar-refractivity contribution in [2.45, 2.75) is 31.1 Å². The molecule has 6 nitrogen and oxygen atoms in total. The first-order valence-electron chi connectivity index (χ1n) is 6.90. The first-order valence-corrected chi connectivity index (χ1v) is 8.30. The second kappa shape index (κ2) is 6.00. The van der Waals surface area contributed by atoms with E-state index in [-0.39, 0.29) is 16.1 Å². The molecule has 2 rings (SSSR count). The van der Waals surface area contributed by atoms with E-state index in [1.54, 1.807) is 12.1 Å². The van der Waals surface area contributed by atoms with Gasteiger partial charge in [-0.05, 0) is 29.2 Å². The Morgan fingerprint density at radius 2 is 1.57 bits per heavy atom. The third-order valence-corrected chi connectivity index (χ3v) is 4.52. The highest BCUT2D eigenvalue weighted by Crippen LogP contribution is 2.30. The average Bonchev–Trinajstić information content (AvgIpc) is 2.46. The van der Waals surface area contributed by atoms with Crippen molar-refractivity contribution in [3.05, 3.63) is 64.2 Å². The molecule has 0 radical (unpaired) electrons. The molecule has 0 unspecified atom stereocenters. The number of nitro groups is 1. The summed E-state index contributed by atoms with van der Waals surface area (Å²) in [6.45, 7) is 6.04. The lowest BCUT2D eigenvalue weighted by Gasteiger charge is -2.19. The maximum Gasteiger partial charge on any atom is 0.339 e. The summed E-state index contributed by atoms with van der Waals surface area (Å²) in [6.07, 6.45) is 0. The fourth-order valence-electron chi connectivity index (χ4n) is 1.97. The van der Waals surface area contributed by atoms with Gasteiger partial charge in [-0.2, -0.15) is 8.42 Å². The van der Waals surface area contributed by atoms with Crippen LogP contribution in [0.5, 0.6) is 5.75 Å². The smallest absolute Gasteiger partial charge is 0.339 e. The Morgan fingerprint density at radius 1 is 1.00 bits per heavy atom. The first-order chi connectivity index (χ1) is 10.6. The third kappa shape index (κ3) is 3.87. The minimum atomic E-state index is -4.14. The molecular weight excluding hydrogens is 318 g/mol. The van der Waals surface area contributed by atoms with E-state index in [0.29, 0.717) is 0 Å². The number of benzene rings is 2. The molecule has 2 aromatic carbocycles. The van der Waals surface area contributed by atoms with E-state index in [2.05, 4.69) is 0 Å². The summed E-state index contributed by atoms with van der Waals surface area (Å²) >= 11 is 0. The minimum absolute atomic E-state index is 0.0522. The van der Waals surface area contributed by atoms with Crippen LogP contribution < -0.4 is 4.18 Å². The second-order valence-corrected chi connectivity index (χ2v) is 7.58. The quantitative estimate of drug-likeness (QED) is 0.483. The van der Waals surface area contributed by atoms with Crippen molar-refractivity contribution in [1.82, 2.24) is 0 Å². The summed E-state index contributed by atoms with van der Waals surface area (Å²) in [6, 6.07) is 11.6. The third-order valence-electron chi connectivity index (χ3n) is 3.27. The molecule has 0 fully saturated rings. The molecule has 0 aromatic heterocycles. The zero-order valence-corrected chi connectivity index (χ0v) is 13.8. The highest BCUT2D eigenvalue weighted by atomic mass is 32.2. The molecule has 0 aliphatic rings. The van der Waals surface area contributed by atoms with Crippen LogP contribution in [0, 0.1) is 10.1 Å². The first kappa shape index (κ1) is 17.0. The second-order valence-electron chi connectivity index (χ2n) is 6.04. The lowest BCUT2D eigenvalue weighted by Crippen LogP contribution is -2.13. The summed E-state index contributed by atoms with van der Waals surface area (Å²) < 4.78 is 29.5. The number of rotatable bonds is 4. The Bertz CT molecular complexity index is 820. The van der Waals surface area contributed by atoms with Crippen molar-refractivity contribution in [2.24, 2.45) is 0 Å². The number of hydrogen-bond donors (Lipinski definition) is 0. The molecule has 0 saturated heterocycles. The summed E-state index contributed by atoms with van der Waals surface area (Å²) in [5.74, 6) is -0.308. The molecule has 0 aliphatic heterocycles. The van der Waals surface area contributed by atoms with Gasteiger partial charge in [0.2, 0.25) is 5.75 Å². The molecule has 7 heteroatoms. The molecule has 122 valence electrons. The van der Waals surface area contributed by atoms with Gasteiger partial charge >= 0.3 is 15.8 Å². The van der Waals surface area contributed by atoms with E-state index in [1.165, 1.54) is 36.4 Å². The Kier molecular flexibility index (Phi) is 4.42. The van der Waals surface area contributed by atoms with Gasteiger partial charge < -0.3 is 4.18 Å². The summed E-state index contributed by atoms with van der Waals surface area (Å²) in [5, 5.41) is 10.9. The molecule has 0 spiro atoms. The maximum atomic E-state index is 12.3. The molecule has 0 amide bonds. The lowest BCUT2D eigenvalue weighted by atomic mass is 9.87. The van der Waals surface area contributed by atoms with Gasteiger partial charge in [-0.3, -0.25) is 10.1 Å². The number of nitro benzene ring substituents is 1. The van der Waals surface area contributed by atoms with Gasteiger partial charge in [-0.25, -0.2) is 0 Å². The monoisotopic (exact) mass is 335 g/mol. The number of para-hydroxylation sites is 2. The van der Waals surface area contributed by atoms with Gasteiger partial charge in [-0.1, -0.05) is 45.0 Å². The van der Waals surface area contributed by atoms with Crippen molar-refractivity contribution < 1.29 is 17.5 Å². The Labute approximate surface area is 135 Å². The molecule has 0 saturated carbocycles. The zero-order valence-electron chi connectivity index (χ0n) is 13.0. The molecule has 23 heavy (non-hydrogen) atoms. The topological polar surface area (TPSA) is 86.5 Å². The van der Waals surface area contributed by atoms with Crippen LogP contribution >= 0.6 is 0 Å². The van der Waals surface area contributed by atoms with Crippen molar-refractivity contribution in [1.29, 1.82) is 0 Å². The zero-order chi connectivity index (χ0) is 17.3. The van der Waals surface area contributed by atoms with Crippen molar-refractivity contribution in [2.75, 3.05) is 0 Å². The van der Waals surface area contributed by atoms with Crippen LogP contribution in [0.1, 0.15) is 26.3 Å². The summed E-state index contributed by atoms with van der Waals surface area (Å²) in [4.78, 5) is 10.2. The SMILES string of the molecule is CC(C)(C)c1ccc(S(=O)(=O)Oc2ccccc2[N+](=O)[O-])cc1. The standard InChI is InChI=1S/C16H17NO5S/c1-16(2,3)12-8-10-13(11-9-12)23(20,21)22-15-7-5-4-6-14(15)17(18)19/h4-11H,1-3H3. The predicted octanol–water partition coefficient (Wildman–Crippen LogP) is 3.66.